The van der Waals surface area contributed by atoms with Gasteiger partial charge >= 0.3 is 0 Å². The van der Waals surface area contributed by atoms with Crippen molar-refractivity contribution in [2.75, 3.05) is 13.2 Å². The Bertz CT molecular complexity index is 1070. The highest BCUT2D eigenvalue weighted by molar-refractivity contribution is 5.97. The Kier molecular flexibility index (Phi) is 5.38. The second-order valence-electron chi connectivity index (χ2n) is 6.28. The maximum atomic E-state index is 13.3. The molecule has 7 heteroatoms. The maximum Gasteiger partial charge on any atom is 0.256 e. The first-order valence-corrected chi connectivity index (χ1v) is 9.16. The van der Waals surface area contributed by atoms with E-state index in [1.807, 2.05) is 54.9 Å². The fraction of sp³-hybridized carbons (Fsp3) is 0.0909. The number of rotatable bonds is 7. The van der Waals surface area contributed by atoms with Crippen molar-refractivity contribution in [3.63, 3.8) is 0 Å². The van der Waals surface area contributed by atoms with Crippen LogP contribution in [0.4, 0.5) is 4.39 Å². The van der Waals surface area contributed by atoms with Gasteiger partial charge in [0.2, 0.25) is 0 Å². The normalized spacial score (nSPS) is 10.7. The molecule has 4 rings (SSSR count). The van der Waals surface area contributed by atoms with Gasteiger partial charge in [-0.25, -0.2) is 9.07 Å². The van der Waals surface area contributed by atoms with Gasteiger partial charge in [-0.1, -0.05) is 18.2 Å². The molecule has 146 valence electrons. The lowest BCUT2D eigenvalue weighted by atomic mass is 10.2. The van der Waals surface area contributed by atoms with Gasteiger partial charge in [-0.05, 0) is 48.5 Å². The first-order valence-electron chi connectivity index (χ1n) is 9.16. The SMILES string of the molecule is O=C(NCCOc1ccccc1)c1cnn(-c2ccc(F)cc2)c1-n1cccc1. The minimum Gasteiger partial charge on any atom is -0.492 e. The van der Waals surface area contributed by atoms with Crippen LogP contribution >= 0.6 is 0 Å². The van der Waals surface area contributed by atoms with Crippen LogP contribution in [0.2, 0.25) is 0 Å². The van der Waals surface area contributed by atoms with Gasteiger partial charge in [-0.2, -0.15) is 5.10 Å². The summed E-state index contributed by atoms with van der Waals surface area (Å²) in [4.78, 5) is 12.8. The number of nitrogens with zero attached hydrogens (tertiary/aromatic N) is 3. The van der Waals surface area contributed by atoms with Gasteiger partial charge in [0, 0.05) is 12.4 Å². The molecule has 4 aromatic rings. The summed E-state index contributed by atoms with van der Waals surface area (Å²) in [6.07, 6.45) is 5.16. The van der Waals surface area contributed by atoms with Gasteiger partial charge in [0.05, 0.1) is 18.4 Å². The van der Waals surface area contributed by atoms with E-state index in [9.17, 15) is 9.18 Å². The van der Waals surface area contributed by atoms with E-state index in [4.69, 9.17) is 4.74 Å². The highest BCUT2D eigenvalue weighted by atomic mass is 19.1. The fourth-order valence-electron chi connectivity index (χ4n) is 2.94. The number of hydrogen-bond donors (Lipinski definition) is 1. The van der Waals surface area contributed by atoms with Gasteiger partial charge in [-0.3, -0.25) is 4.79 Å². The molecule has 0 saturated heterocycles. The van der Waals surface area contributed by atoms with Crippen LogP contribution in [0.3, 0.4) is 0 Å². The lowest BCUT2D eigenvalue weighted by molar-refractivity contribution is 0.0947. The number of amides is 1. The Hall–Kier alpha value is -3.87. The van der Waals surface area contributed by atoms with E-state index in [1.165, 1.54) is 18.3 Å². The van der Waals surface area contributed by atoms with Crippen molar-refractivity contribution >= 4 is 5.91 Å². The number of hydrogen-bond acceptors (Lipinski definition) is 3. The third-order valence-corrected chi connectivity index (χ3v) is 4.31. The van der Waals surface area contributed by atoms with Crippen LogP contribution in [-0.2, 0) is 0 Å². The predicted octanol–water partition coefficient (Wildman–Crippen LogP) is 3.61. The van der Waals surface area contributed by atoms with Crippen molar-refractivity contribution < 1.29 is 13.9 Å². The van der Waals surface area contributed by atoms with E-state index in [0.29, 0.717) is 30.2 Å². The summed E-state index contributed by atoms with van der Waals surface area (Å²) in [6, 6.07) is 19.1. The van der Waals surface area contributed by atoms with Gasteiger partial charge in [0.25, 0.3) is 5.91 Å². The number of para-hydroxylation sites is 1. The zero-order valence-electron chi connectivity index (χ0n) is 15.5. The highest BCUT2D eigenvalue weighted by Crippen LogP contribution is 2.20. The number of nitrogens with one attached hydrogen (secondary N) is 1. The molecule has 1 N–H and O–H groups in total. The summed E-state index contributed by atoms with van der Waals surface area (Å²) in [5.74, 6) is 0.723. The highest BCUT2D eigenvalue weighted by Gasteiger charge is 2.19. The Balaban J connectivity index is 1.52. The second kappa shape index (κ2) is 8.43. The molecule has 0 bridgehead atoms. The molecule has 0 atom stereocenters. The molecule has 6 nitrogen and oxygen atoms in total. The molecule has 29 heavy (non-hydrogen) atoms. The zero-order chi connectivity index (χ0) is 20.1. The van der Waals surface area contributed by atoms with Crippen molar-refractivity contribution in [2.45, 2.75) is 0 Å². The number of carbonyl (C=O) groups excluding carboxylic acids is 1. The molecule has 2 aromatic carbocycles. The molecule has 2 heterocycles. The third kappa shape index (κ3) is 4.19. The lowest BCUT2D eigenvalue weighted by Crippen LogP contribution is -2.28. The molecule has 0 aliphatic rings. The van der Waals surface area contributed by atoms with Crippen LogP contribution in [-0.4, -0.2) is 33.4 Å². The topological polar surface area (TPSA) is 61.1 Å². The monoisotopic (exact) mass is 390 g/mol. The molecule has 1 amide bonds. The second-order valence-corrected chi connectivity index (χ2v) is 6.28. The van der Waals surface area contributed by atoms with Crippen molar-refractivity contribution in [3.05, 3.63) is 96.7 Å². The van der Waals surface area contributed by atoms with E-state index in [2.05, 4.69) is 10.4 Å². The third-order valence-electron chi connectivity index (χ3n) is 4.31. The van der Waals surface area contributed by atoms with Gasteiger partial charge < -0.3 is 14.6 Å². The van der Waals surface area contributed by atoms with E-state index in [-0.39, 0.29) is 11.7 Å². The Morgan fingerprint density at radius 3 is 2.45 bits per heavy atom. The summed E-state index contributed by atoms with van der Waals surface area (Å²) in [5, 5.41) is 7.21. The first kappa shape index (κ1) is 18.5. The quantitative estimate of drug-likeness (QED) is 0.491. The predicted molar refractivity (Wildman–Crippen MR) is 107 cm³/mol. The molecule has 0 fully saturated rings. The Morgan fingerprint density at radius 1 is 1.00 bits per heavy atom. The standard InChI is InChI=1S/C22H19FN4O2/c23-17-8-10-18(11-9-17)27-22(26-13-4-5-14-26)20(16-25-27)21(28)24-12-15-29-19-6-2-1-3-7-19/h1-11,13-14,16H,12,15H2,(H,24,28). The van der Waals surface area contributed by atoms with Crippen molar-refractivity contribution in [2.24, 2.45) is 0 Å². The van der Waals surface area contributed by atoms with Crippen molar-refractivity contribution in [3.8, 4) is 17.3 Å². The van der Waals surface area contributed by atoms with Gasteiger partial charge in [-0.15, -0.1) is 0 Å². The minimum atomic E-state index is -0.334. The number of carbonyl (C=O) groups is 1. The largest absolute Gasteiger partial charge is 0.492 e. The van der Waals surface area contributed by atoms with E-state index < -0.39 is 0 Å². The van der Waals surface area contributed by atoms with E-state index in [1.54, 1.807) is 21.4 Å². The summed E-state index contributed by atoms with van der Waals surface area (Å²) >= 11 is 0. The molecule has 0 spiro atoms. The summed E-state index contributed by atoms with van der Waals surface area (Å²) in [6.45, 7) is 0.696. The lowest BCUT2D eigenvalue weighted by Gasteiger charge is -2.11. The number of benzene rings is 2. The molecule has 0 aliphatic carbocycles. The summed E-state index contributed by atoms with van der Waals surface area (Å²) < 4.78 is 22.3. The average molecular weight is 390 g/mol. The first-order chi connectivity index (χ1) is 14.2. The van der Waals surface area contributed by atoms with Gasteiger partial charge in [0.1, 0.15) is 23.7 Å². The van der Waals surface area contributed by atoms with Crippen LogP contribution in [0.15, 0.2) is 85.3 Å². The smallest absolute Gasteiger partial charge is 0.256 e. The molecular formula is C22H19FN4O2. The summed E-state index contributed by atoms with van der Waals surface area (Å²) in [7, 11) is 0. The maximum absolute atomic E-state index is 13.3. The number of aromatic nitrogens is 3. The number of ether oxygens (including phenoxy) is 1. The molecule has 0 unspecified atom stereocenters. The molecule has 0 aliphatic heterocycles. The van der Waals surface area contributed by atoms with Crippen LogP contribution in [0.1, 0.15) is 10.4 Å². The average Bonchev–Trinajstić information content (AvgIpc) is 3.42. The van der Waals surface area contributed by atoms with Crippen LogP contribution in [0, 0.1) is 5.82 Å². The van der Waals surface area contributed by atoms with E-state index in [0.717, 1.165) is 5.75 Å². The van der Waals surface area contributed by atoms with Crippen molar-refractivity contribution in [1.29, 1.82) is 0 Å². The molecular weight excluding hydrogens is 371 g/mol. The van der Waals surface area contributed by atoms with Crippen LogP contribution in [0.25, 0.3) is 11.5 Å². The van der Waals surface area contributed by atoms with Crippen molar-refractivity contribution in [1.82, 2.24) is 19.7 Å². The summed E-state index contributed by atoms with van der Waals surface area (Å²) in [5.41, 5.74) is 1.06. The van der Waals surface area contributed by atoms with Gasteiger partial charge in [0.15, 0.2) is 5.82 Å². The van der Waals surface area contributed by atoms with Crippen LogP contribution in [0.5, 0.6) is 5.75 Å². The minimum absolute atomic E-state index is 0.265. The Morgan fingerprint density at radius 2 is 1.72 bits per heavy atom. The Labute approximate surface area is 167 Å². The zero-order valence-corrected chi connectivity index (χ0v) is 15.5. The van der Waals surface area contributed by atoms with E-state index >= 15 is 0 Å². The molecule has 2 aromatic heterocycles. The molecule has 0 radical (unpaired) electrons. The fourth-order valence-corrected chi connectivity index (χ4v) is 2.94. The number of halogens is 1. The van der Waals surface area contributed by atoms with Crippen LogP contribution < -0.4 is 10.1 Å². The molecule has 0 saturated carbocycles.